The van der Waals surface area contributed by atoms with Gasteiger partial charge in [-0.1, -0.05) is 0 Å². The molecule has 0 aliphatic carbocycles. The quantitative estimate of drug-likeness (QED) is 0.378. The molecule has 1 rings (SSSR count). The highest BCUT2D eigenvalue weighted by Crippen LogP contribution is 2.20. The highest BCUT2D eigenvalue weighted by Gasteiger charge is 2.24. The summed E-state index contributed by atoms with van der Waals surface area (Å²) < 4.78 is 0. The van der Waals surface area contributed by atoms with Gasteiger partial charge in [-0.25, -0.2) is 0 Å². The highest BCUT2D eigenvalue weighted by atomic mass is 16.6. The van der Waals surface area contributed by atoms with Gasteiger partial charge in [0.2, 0.25) is 0 Å². The Hall–Kier alpha value is -2.49. The van der Waals surface area contributed by atoms with E-state index in [4.69, 9.17) is 5.11 Å². The Morgan fingerprint density at radius 1 is 1.32 bits per heavy atom. The van der Waals surface area contributed by atoms with Gasteiger partial charge in [-0.3, -0.25) is 25.0 Å². The lowest BCUT2D eigenvalue weighted by Crippen LogP contribution is -2.31. The van der Waals surface area contributed by atoms with Crippen molar-refractivity contribution in [2.45, 2.75) is 0 Å². The van der Waals surface area contributed by atoms with Crippen LogP contribution in [0.1, 0.15) is 10.4 Å². The van der Waals surface area contributed by atoms with E-state index in [9.17, 15) is 25.0 Å². The molecule has 1 aromatic rings. The summed E-state index contributed by atoms with van der Waals surface area (Å²) in [6, 6.07) is 1.77. The lowest BCUT2D eigenvalue weighted by Gasteiger charge is -2.07. The van der Waals surface area contributed by atoms with Crippen molar-refractivity contribution >= 4 is 30.6 Å². The number of hydrogen-bond acceptors (Lipinski definition) is 6. The van der Waals surface area contributed by atoms with Crippen LogP contribution < -0.4 is 10.8 Å². The first-order valence-corrected chi connectivity index (χ1v) is 5.21. The van der Waals surface area contributed by atoms with Gasteiger partial charge >= 0.3 is 0 Å². The first-order valence-electron chi connectivity index (χ1n) is 5.21. The van der Waals surface area contributed by atoms with Gasteiger partial charge in [-0.2, -0.15) is 0 Å². The van der Waals surface area contributed by atoms with Gasteiger partial charge in [0.05, 0.1) is 22.5 Å². The van der Waals surface area contributed by atoms with Crippen molar-refractivity contribution in [2.24, 2.45) is 0 Å². The number of nitro benzene ring substituents is 2. The van der Waals surface area contributed by atoms with Crippen molar-refractivity contribution in [2.75, 3.05) is 13.2 Å². The van der Waals surface area contributed by atoms with Crippen molar-refractivity contribution in [3.63, 3.8) is 0 Å². The van der Waals surface area contributed by atoms with Gasteiger partial charge in [0.1, 0.15) is 7.85 Å². The minimum atomic E-state index is -0.810. The molecule has 19 heavy (non-hydrogen) atoms. The topological polar surface area (TPSA) is 136 Å². The summed E-state index contributed by atoms with van der Waals surface area (Å²) in [6.45, 7) is -0.351. The van der Waals surface area contributed by atoms with Crippen LogP contribution in [0.2, 0.25) is 0 Å². The van der Waals surface area contributed by atoms with Gasteiger partial charge in [0.15, 0.2) is 0 Å². The number of nitrogens with zero attached hydrogens (tertiary/aromatic N) is 2. The van der Waals surface area contributed by atoms with Crippen LogP contribution in [0.4, 0.5) is 11.4 Å². The van der Waals surface area contributed by atoms with Crippen LogP contribution >= 0.6 is 0 Å². The summed E-state index contributed by atoms with van der Waals surface area (Å²) >= 11 is 0. The maximum atomic E-state index is 11.7. The van der Waals surface area contributed by atoms with E-state index >= 15 is 0 Å². The molecule has 0 radical (unpaired) electrons. The molecular weight excluding hydrogens is 257 g/mol. The van der Waals surface area contributed by atoms with Crippen LogP contribution in [0.3, 0.4) is 0 Å². The van der Waals surface area contributed by atoms with Gasteiger partial charge in [0, 0.05) is 23.6 Å². The number of aliphatic hydroxyl groups excluding tert-OH is 1. The first-order chi connectivity index (χ1) is 8.88. The van der Waals surface area contributed by atoms with Crippen LogP contribution in [-0.4, -0.2) is 41.9 Å². The molecule has 0 fully saturated rings. The number of carbonyl (C=O) groups is 1. The van der Waals surface area contributed by atoms with E-state index in [-0.39, 0.29) is 24.2 Å². The van der Waals surface area contributed by atoms with Gasteiger partial charge in [-0.15, -0.1) is 0 Å². The molecule has 1 aromatic carbocycles. The highest BCUT2D eigenvalue weighted by molar-refractivity contribution is 6.39. The summed E-state index contributed by atoms with van der Waals surface area (Å²) in [4.78, 5) is 31.6. The molecule has 10 heteroatoms. The predicted molar refractivity (Wildman–Crippen MR) is 67.3 cm³/mol. The molecule has 0 heterocycles. The zero-order valence-corrected chi connectivity index (χ0v) is 9.95. The monoisotopic (exact) mass is 267 g/mol. The fourth-order valence-corrected chi connectivity index (χ4v) is 1.48. The van der Waals surface area contributed by atoms with E-state index < -0.39 is 27.1 Å². The molecule has 1 amide bonds. The normalized spacial score (nSPS) is 9.95. The van der Waals surface area contributed by atoms with E-state index in [0.29, 0.717) is 0 Å². The van der Waals surface area contributed by atoms with Crippen molar-refractivity contribution in [1.29, 1.82) is 0 Å². The first kappa shape index (κ1) is 14.6. The van der Waals surface area contributed by atoms with Crippen LogP contribution in [0, 0.1) is 20.2 Å². The Morgan fingerprint density at radius 2 is 1.95 bits per heavy atom. The molecule has 9 nitrogen and oxygen atoms in total. The van der Waals surface area contributed by atoms with E-state index in [1.54, 1.807) is 0 Å². The fraction of sp³-hybridized carbons (Fsp3) is 0.222. The number of rotatable bonds is 5. The zero-order valence-electron chi connectivity index (χ0n) is 9.95. The Labute approximate surface area is 107 Å². The molecule has 0 aliphatic heterocycles. The zero-order chi connectivity index (χ0) is 14.6. The van der Waals surface area contributed by atoms with Gasteiger partial charge < -0.3 is 10.4 Å². The Balaban J connectivity index is 3.33. The van der Waals surface area contributed by atoms with Crippen molar-refractivity contribution in [1.82, 2.24) is 5.32 Å². The number of non-ortho nitro benzene ring substituents is 1. The summed E-state index contributed by atoms with van der Waals surface area (Å²) in [5, 5.41) is 32.4. The number of amides is 1. The third kappa shape index (κ3) is 3.25. The maximum absolute atomic E-state index is 11.7. The second-order valence-electron chi connectivity index (χ2n) is 3.63. The molecule has 0 unspecified atom stereocenters. The van der Waals surface area contributed by atoms with Crippen LogP contribution in [0.5, 0.6) is 0 Å². The average Bonchev–Trinajstić information content (AvgIpc) is 2.35. The lowest BCUT2D eigenvalue weighted by atomic mass is 9.87. The SMILES string of the molecule is Bc1c(C(=O)NCCO)cc([N+](=O)[O-])cc1[N+](=O)[O-]. The third-order valence-electron chi connectivity index (χ3n) is 2.41. The number of carbonyl (C=O) groups excluding carboxylic acids is 1. The number of benzene rings is 1. The van der Waals surface area contributed by atoms with E-state index in [2.05, 4.69) is 5.32 Å². The van der Waals surface area contributed by atoms with Gasteiger partial charge in [-0.05, 0) is 0 Å². The summed E-state index contributed by atoms with van der Waals surface area (Å²) in [5.41, 5.74) is -1.16. The maximum Gasteiger partial charge on any atom is 0.277 e. The Kier molecular flexibility index (Phi) is 4.53. The van der Waals surface area contributed by atoms with Crippen molar-refractivity contribution in [3.05, 3.63) is 37.9 Å². The Bertz CT molecular complexity index is 547. The molecule has 0 bridgehead atoms. The summed E-state index contributed by atoms with van der Waals surface area (Å²) in [5.74, 6) is -0.710. The molecular formula is C9H10BN3O6. The lowest BCUT2D eigenvalue weighted by molar-refractivity contribution is -0.393. The van der Waals surface area contributed by atoms with Crippen molar-refractivity contribution < 1.29 is 19.7 Å². The molecule has 0 saturated carbocycles. The largest absolute Gasteiger partial charge is 0.395 e. The van der Waals surface area contributed by atoms with E-state index in [1.807, 2.05) is 0 Å². The molecule has 0 spiro atoms. The molecule has 0 aromatic heterocycles. The average molecular weight is 267 g/mol. The predicted octanol–water partition coefficient (Wildman–Crippen LogP) is -1.52. The Morgan fingerprint density at radius 3 is 2.42 bits per heavy atom. The second kappa shape index (κ2) is 5.91. The summed E-state index contributed by atoms with van der Waals surface area (Å²) in [7, 11) is 1.33. The minimum absolute atomic E-state index is 0.0334. The minimum Gasteiger partial charge on any atom is -0.395 e. The van der Waals surface area contributed by atoms with Crippen LogP contribution in [-0.2, 0) is 0 Å². The van der Waals surface area contributed by atoms with E-state index in [1.165, 1.54) is 7.85 Å². The molecule has 0 atom stereocenters. The van der Waals surface area contributed by atoms with Gasteiger partial charge in [0.25, 0.3) is 17.3 Å². The van der Waals surface area contributed by atoms with Crippen LogP contribution in [0.15, 0.2) is 12.1 Å². The van der Waals surface area contributed by atoms with Crippen molar-refractivity contribution in [3.8, 4) is 0 Å². The fourth-order valence-electron chi connectivity index (χ4n) is 1.48. The molecule has 2 N–H and O–H groups in total. The number of nitro groups is 2. The molecule has 0 aliphatic rings. The summed E-state index contributed by atoms with van der Waals surface area (Å²) in [6.07, 6.45) is 0. The molecule has 100 valence electrons. The smallest absolute Gasteiger partial charge is 0.277 e. The number of hydrogen-bond donors (Lipinski definition) is 2. The van der Waals surface area contributed by atoms with Crippen LogP contribution in [0.25, 0.3) is 0 Å². The third-order valence-corrected chi connectivity index (χ3v) is 2.41. The molecule has 0 saturated heterocycles. The standard InChI is InChI=1S/C9H10BN3O6/c10-8-6(9(15)11-1-2-14)3-5(12(16)17)4-7(8)13(18)19/h3-4,14H,1-2,10H2,(H,11,15). The van der Waals surface area contributed by atoms with E-state index in [0.717, 1.165) is 12.1 Å². The number of aliphatic hydroxyl groups is 1. The number of nitrogens with one attached hydrogen (secondary N) is 1. The second-order valence-corrected chi connectivity index (χ2v) is 3.63.